The monoisotopic (exact) mass is 326 g/mol. The maximum Gasteiger partial charge on any atom is 0.255 e. The lowest BCUT2D eigenvalue weighted by Gasteiger charge is -2.16. The van der Waals surface area contributed by atoms with Gasteiger partial charge in [-0.15, -0.1) is 0 Å². The first-order valence-corrected chi connectivity index (χ1v) is 7.97. The molecule has 0 aromatic heterocycles. The van der Waals surface area contributed by atoms with Crippen LogP contribution in [-0.4, -0.2) is 23.3 Å². The molecule has 0 unspecified atom stereocenters. The number of nitrogens with zero attached hydrogens (tertiary/aromatic N) is 1. The van der Waals surface area contributed by atoms with Crippen LogP contribution in [0.1, 0.15) is 34.3 Å². The van der Waals surface area contributed by atoms with E-state index >= 15 is 0 Å². The van der Waals surface area contributed by atoms with Crippen LogP contribution in [0.2, 0.25) is 0 Å². The van der Waals surface area contributed by atoms with Gasteiger partial charge in [0, 0.05) is 25.1 Å². The summed E-state index contributed by atoms with van der Waals surface area (Å²) in [5, 5.41) is 2.60. The van der Waals surface area contributed by atoms with Crippen molar-refractivity contribution in [3.63, 3.8) is 0 Å². The van der Waals surface area contributed by atoms with Gasteiger partial charge in [-0.25, -0.2) is 4.39 Å². The van der Waals surface area contributed by atoms with Crippen molar-refractivity contribution < 1.29 is 14.0 Å². The van der Waals surface area contributed by atoms with Crippen molar-refractivity contribution >= 4 is 17.5 Å². The van der Waals surface area contributed by atoms with Crippen LogP contribution in [0.15, 0.2) is 42.5 Å². The molecule has 124 valence electrons. The van der Waals surface area contributed by atoms with E-state index in [0.29, 0.717) is 18.5 Å². The summed E-state index contributed by atoms with van der Waals surface area (Å²) in [6.07, 6.45) is 1.47. The number of carbonyl (C=O) groups is 2. The van der Waals surface area contributed by atoms with E-state index in [1.807, 2.05) is 13.0 Å². The summed E-state index contributed by atoms with van der Waals surface area (Å²) < 4.78 is 13.8. The molecule has 0 radical (unpaired) electrons. The number of benzene rings is 2. The van der Waals surface area contributed by atoms with E-state index in [1.54, 1.807) is 35.2 Å². The molecule has 0 aliphatic carbocycles. The summed E-state index contributed by atoms with van der Waals surface area (Å²) in [6, 6.07) is 11.7. The number of hydrogen-bond acceptors (Lipinski definition) is 2. The van der Waals surface area contributed by atoms with Crippen molar-refractivity contribution in [2.45, 2.75) is 26.3 Å². The van der Waals surface area contributed by atoms with E-state index in [9.17, 15) is 14.0 Å². The van der Waals surface area contributed by atoms with E-state index in [4.69, 9.17) is 0 Å². The first-order chi connectivity index (χ1) is 11.5. The van der Waals surface area contributed by atoms with Gasteiger partial charge in [0.15, 0.2) is 0 Å². The van der Waals surface area contributed by atoms with Gasteiger partial charge in [0.2, 0.25) is 5.91 Å². The number of amides is 2. The molecular formula is C19H19FN2O2. The van der Waals surface area contributed by atoms with Crippen LogP contribution in [0.25, 0.3) is 0 Å². The Morgan fingerprint density at radius 3 is 2.83 bits per heavy atom. The van der Waals surface area contributed by atoms with Crippen LogP contribution in [-0.2, 0) is 11.3 Å². The molecule has 0 atom stereocenters. The van der Waals surface area contributed by atoms with Crippen molar-refractivity contribution in [1.29, 1.82) is 0 Å². The molecule has 3 rings (SSSR count). The molecule has 1 aliphatic heterocycles. The molecule has 1 N–H and O–H groups in total. The molecule has 4 nitrogen and oxygen atoms in total. The fourth-order valence-electron chi connectivity index (χ4n) is 2.83. The molecule has 0 spiro atoms. The lowest BCUT2D eigenvalue weighted by molar-refractivity contribution is -0.128. The molecule has 1 saturated heterocycles. The van der Waals surface area contributed by atoms with Crippen LogP contribution in [0.3, 0.4) is 0 Å². The zero-order chi connectivity index (χ0) is 17.1. The number of halogens is 1. The standard InChI is InChI=1S/C19H19FN2O2/c1-13-7-8-16(20)17(10-13)21-19(24)15-5-2-4-14(11-15)12-22-9-3-6-18(22)23/h2,4-5,7-8,10-11H,3,6,9,12H2,1H3,(H,21,24). The molecule has 0 bridgehead atoms. The quantitative estimate of drug-likeness (QED) is 0.935. The number of anilines is 1. The van der Waals surface area contributed by atoms with Crippen LogP contribution >= 0.6 is 0 Å². The molecule has 2 aromatic carbocycles. The Labute approximate surface area is 140 Å². The molecular weight excluding hydrogens is 307 g/mol. The topological polar surface area (TPSA) is 49.4 Å². The second-order valence-corrected chi connectivity index (χ2v) is 6.06. The maximum atomic E-state index is 13.8. The highest BCUT2D eigenvalue weighted by atomic mass is 19.1. The van der Waals surface area contributed by atoms with Gasteiger partial charge in [-0.2, -0.15) is 0 Å². The van der Waals surface area contributed by atoms with Crippen LogP contribution in [0, 0.1) is 12.7 Å². The molecule has 5 heteroatoms. The number of aryl methyl sites for hydroxylation is 1. The molecule has 2 amide bonds. The zero-order valence-corrected chi connectivity index (χ0v) is 13.5. The zero-order valence-electron chi connectivity index (χ0n) is 13.5. The molecule has 0 saturated carbocycles. The van der Waals surface area contributed by atoms with Crippen LogP contribution in [0.4, 0.5) is 10.1 Å². The first kappa shape index (κ1) is 16.2. The van der Waals surface area contributed by atoms with Gasteiger partial charge in [0.25, 0.3) is 5.91 Å². The summed E-state index contributed by atoms with van der Waals surface area (Å²) in [4.78, 5) is 25.9. The van der Waals surface area contributed by atoms with Gasteiger partial charge >= 0.3 is 0 Å². The maximum absolute atomic E-state index is 13.8. The second kappa shape index (κ2) is 6.83. The Kier molecular flexibility index (Phi) is 4.60. The van der Waals surface area contributed by atoms with Gasteiger partial charge in [-0.3, -0.25) is 9.59 Å². The SMILES string of the molecule is Cc1ccc(F)c(NC(=O)c2cccc(CN3CCCC3=O)c2)c1. The third-order valence-electron chi connectivity index (χ3n) is 4.10. The minimum absolute atomic E-state index is 0.145. The Balaban J connectivity index is 1.74. The minimum Gasteiger partial charge on any atom is -0.338 e. The van der Waals surface area contributed by atoms with Crippen LogP contribution in [0.5, 0.6) is 0 Å². The van der Waals surface area contributed by atoms with Crippen molar-refractivity contribution in [2.24, 2.45) is 0 Å². The minimum atomic E-state index is -0.465. The lowest BCUT2D eigenvalue weighted by Crippen LogP contribution is -2.24. The fourth-order valence-corrected chi connectivity index (χ4v) is 2.83. The summed E-state index contributed by atoms with van der Waals surface area (Å²) >= 11 is 0. The summed E-state index contributed by atoms with van der Waals surface area (Å²) in [6.45, 7) is 3.09. The van der Waals surface area contributed by atoms with E-state index in [0.717, 1.165) is 24.1 Å². The van der Waals surface area contributed by atoms with Crippen molar-refractivity contribution in [1.82, 2.24) is 4.90 Å². The number of rotatable bonds is 4. The smallest absolute Gasteiger partial charge is 0.255 e. The van der Waals surface area contributed by atoms with E-state index < -0.39 is 5.82 Å². The predicted octanol–water partition coefficient (Wildman–Crippen LogP) is 3.51. The second-order valence-electron chi connectivity index (χ2n) is 6.06. The van der Waals surface area contributed by atoms with E-state index in [1.165, 1.54) is 6.07 Å². The Hall–Kier alpha value is -2.69. The summed E-state index contributed by atoms with van der Waals surface area (Å²) in [5.41, 5.74) is 2.37. The highest BCUT2D eigenvalue weighted by Gasteiger charge is 2.20. The van der Waals surface area contributed by atoms with E-state index in [2.05, 4.69) is 5.32 Å². The number of hydrogen-bond donors (Lipinski definition) is 1. The number of likely N-dealkylation sites (tertiary alicyclic amines) is 1. The van der Waals surface area contributed by atoms with Crippen LogP contribution < -0.4 is 5.32 Å². The van der Waals surface area contributed by atoms with Crippen molar-refractivity contribution in [2.75, 3.05) is 11.9 Å². The predicted molar refractivity (Wildman–Crippen MR) is 90.2 cm³/mol. The normalized spacial score (nSPS) is 14.1. The molecule has 1 fully saturated rings. The third-order valence-corrected chi connectivity index (χ3v) is 4.10. The summed E-state index contributed by atoms with van der Waals surface area (Å²) in [7, 11) is 0. The van der Waals surface area contributed by atoms with Gasteiger partial charge in [0.05, 0.1) is 5.69 Å². The van der Waals surface area contributed by atoms with Gasteiger partial charge < -0.3 is 10.2 Å². The highest BCUT2D eigenvalue weighted by molar-refractivity contribution is 6.04. The average molecular weight is 326 g/mol. The fraction of sp³-hybridized carbons (Fsp3) is 0.263. The first-order valence-electron chi connectivity index (χ1n) is 7.97. The number of carbonyl (C=O) groups excluding carboxylic acids is 2. The average Bonchev–Trinajstić information content (AvgIpc) is 2.96. The van der Waals surface area contributed by atoms with Gasteiger partial charge in [0.1, 0.15) is 5.82 Å². The highest BCUT2D eigenvalue weighted by Crippen LogP contribution is 2.18. The Morgan fingerprint density at radius 1 is 1.25 bits per heavy atom. The molecule has 2 aromatic rings. The van der Waals surface area contributed by atoms with E-state index in [-0.39, 0.29) is 17.5 Å². The van der Waals surface area contributed by atoms with Crippen molar-refractivity contribution in [3.8, 4) is 0 Å². The molecule has 1 aliphatic rings. The largest absolute Gasteiger partial charge is 0.338 e. The van der Waals surface area contributed by atoms with Gasteiger partial charge in [-0.1, -0.05) is 18.2 Å². The molecule has 24 heavy (non-hydrogen) atoms. The number of nitrogens with one attached hydrogen (secondary N) is 1. The Morgan fingerprint density at radius 2 is 2.08 bits per heavy atom. The van der Waals surface area contributed by atoms with Crippen molar-refractivity contribution in [3.05, 3.63) is 65.0 Å². The van der Waals surface area contributed by atoms with Gasteiger partial charge in [-0.05, 0) is 48.7 Å². The lowest BCUT2D eigenvalue weighted by atomic mass is 10.1. The molecule has 1 heterocycles. The Bertz CT molecular complexity index is 789. The third kappa shape index (κ3) is 3.62. The summed E-state index contributed by atoms with van der Waals surface area (Å²) in [5.74, 6) is -0.687.